The number of carbonyl (C=O) groups is 1. The number of esters is 1. The minimum absolute atomic E-state index is 0. The smallest absolute Gasteiger partial charge is 0.483 e. The number of ether oxygens (including phenoxy) is 1. The van der Waals surface area contributed by atoms with Crippen molar-refractivity contribution in [3.8, 4) is 0 Å². The van der Waals surface area contributed by atoms with E-state index in [9.17, 15) is 4.79 Å². The van der Waals surface area contributed by atoms with E-state index in [1.54, 1.807) is 27.7 Å². The first-order chi connectivity index (χ1) is 4.42. The van der Waals surface area contributed by atoms with Gasteiger partial charge in [-0.05, 0) is 20.8 Å². The minimum atomic E-state index is -0.475. The molecule has 0 fully saturated rings. The molecule has 0 saturated carbocycles. The molecule has 0 rings (SSSR count). The fourth-order valence-electron chi connectivity index (χ4n) is 0.342. The van der Waals surface area contributed by atoms with E-state index in [1.165, 1.54) is 0 Å². The SMILES string of the molecule is Cl.[CH2-]C.[CH2-]C(=O)OC(C)(C)C.[Zn+2]. The van der Waals surface area contributed by atoms with Crippen LogP contribution in [0.25, 0.3) is 0 Å². The van der Waals surface area contributed by atoms with Crippen molar-refractivity contribution in [2.45, 2.75) is 33.3 Å². The summed E-state index contributed by atoms with van der Waals surface area (Å²) in [5.41, 5.74) is -0.390. The van der Waals surface area contributed by atoms with Gasteiger partial charge in [-0.1, -0.05) is 0 Å². The van der Waals surface area contributed by atoms with E-state index in [0.717, 1.165) is 0 Å². The van der Waals surface area contributed by atoms with Gasteiger partial charge in [-0.2, -0.15) is 6.92 Å². The molecule has 0 aromatic carbocycles. The zero-order chi connectivity index (χ0) is 8.78. The van der Waals surface area contributed by atoms with Crippen molar-refractivity contribution in [1.82, 2.24) is 0 Å². The molecule has 0 unspecified atom stereocenters. The van der Waals surface area contributed by atoms with E-state index in [2.05, 4.69) is 18.6 Å². The van der Waals surface area contributed by atoms with Crippen molar-refractivity contribution in [1.29, 1.82) is 0 Å². The average Bonchev–Trinajstić information content (AvgIpc) is 1.64. The molecule has 0 aliphatic heterocycles. The van der Waals surface area contributed by atoms with E-state index < -0.39 is 11.6 Å². The van der Waals surface area contributed by atoms with E-state index in [0.29, 0.717) is 0 Å². The van der Waals surface area contributed by atoms with Crippen molar-refractivity contribution >= 4 is 18.4 Å². The summed E-state index contributed by atoms with van der Waals surface area (Å²) in [4.78, 5) is 10.1. The van der Waals surface area contributed by atoms with Crippen molar-refractivity contribution < 1.29 is 29.0 Å². The Morgan fingerprint density at radius 3 is 1.50 bits per heavy atom. The molecule has 0 bridgehead atoms. The summed E-state index contributed by atoms with van der Waals surface area (Å²) in [6.45, 7) is 13.5. The van der Waals surface area contributed by atoms with Crippen molar-refractivity contribution in [3.63, 3.8) is 0 Å². The van der Waals surface area contributed by atoms with Gasteiger partial charge in [0, 0.05) is 0 Å². The number of halogens is 1. The van der Waals surface area contributed by atoms with Gasteiger partial charge in [0.2, 0.25) is 0 Å². The molecule has 2 nitrogen and oxygen atoms in total. The third-order valence-electron chi connectivity index (χ3n) is 0.420. The number of rotatable bonds is 0. The molecule has 0 N–H and O–H groups in total. The molecule has 12 heavy (non-hydrogen) atoms. The molecule has 0 spiro atoms. The number of carbonyl (C=O) groups excluding carboxylic acids is 1. The summed E-state index contributed by atoms with van der Waals surface area (Å²) < 4.78 is 4.69. The fourth-order valence-corrected chi connectivity index (χ4v) is 0.342. The predicted octanol–water partition coefficient (Wildman–Crippen LogP) is 2.42. The second-order valence-corrected chi connectivity index (χ2v) is 2.59. The van der Waals surface area contributed by atoms with E-state index in [4.69, 9.17) is 0 Å². The largest absolute Gasteiger partial charge is 2.00 e. The monoisotopic (exact) mass is 244 g/mol. The van der Waals surface area contributed by atoms with Crippen LogP contribution in [-0.4, -0.2) is 11.6 Å². The molecular formula is C8H17ClO2Zn. The summed E-state index contributed by atoms with van der Waals surface area (Å²) in [6, 6.07) is 0. The zero-order valence-electron chi connectivity index (χ0n) is 8.35. The summed E-state index contributed by atoms with van der Waals surface area (Å²) >= 11 is 0. The molecule has 4 heteroatoms. The maximum absolute atomic E-state index is 10.1. The Kier molecular flexibility index (Phi) is 21.4. The average molecular weight is 246 g/mol. The molecule has 0 aromatic rings. The Bertz CT molecular complexity index is 99.7. The standard InChI is InChI=1S/C6H11O2.C2H5.ClH.Zn/c1-5(7)8-6(2,3)4;1-2;;/h1H2,2-4H3;1H2,2H3;1H;/q2*-1;;+2. The molecule has 0 aliphatic rings. The third-order valence-corrected chi connectivity index (χ3v) is 0.420. The van der Waals surface area contributed by atoms with E-state index in [-0.39, 0.29) is 31.9 Å². The van der Waals surface area contributed by atoms with Gasteiger partial charge in [0.05, 0.1) is 0 Å². The van der Waals surface area contributed by atoms with Crippen LogP contribution in [0.5, 0.6) is 0 Å². The topological polar surface area (TPSA) is 26.3 Å². The number of hydrogen-bond acceptors (Lipinski definition) is 2. The summed E-state index contributed by atoms with van der Waals surface area (Å²) in [6.07, 6.45) is 0. The third kappa shape index (κ3) is 31.8. The van der Waals surface area contributed by atoms with Crippen LogP contribution in [-0.2, 0) is 29.0 Å². The fraction of sp³-hybridized carbons (Fsp3) is 0.625. The molecule has 0 atom stereocenters. The Morgan fingerprint density at radius 2 is 1.50 bits per heavy atom. The summed E-state index contributed by atoms with van der Waals surface area (Å²) in [7, 11) is 0. The maximum atomic E-state index is 10.1. The minimum Gasteiger partial charge on any atom is -0.483 e. The Hall–Kier alpha value is 0.253. The van der Waals surface area contributed by atoms with Gasteiger partial charge < -0.3 is 11.7 Å². The Balaban J connectivity index is -0.0000000740. The van der Waals surface area contributed by atoms with E-state index >= 15 is 0 Å². The molecule has 0 saturated heterocycles. The Labute approximate surface area is 94.6 Å². The first-order valence-corrected chi connectivity index (χ1v) is 3.17. The van der Waals surface area contributed by atoms with Crippen LogP contribution >= 0.6 is 12.4 Å². The molecular weight excluding hydrogens is 229 g/mol. The van der Waals surface area contributed by atoms with Gasteiger partial charge >= 0.3 is 19.5 Å². The molecule has 0 heterocycles. The van der Waals surface area contributed by atoms with Crippen molar-refractivity contribution in [2.75, 3.05) is 0 Å². The van der Waals surface area contributed by atoms with Crippen LogP contribution in [0.2, 0.25) is 0 Å². The normalized spacial score (nSPS) is 7.75. The zero-order valence-corrected chi connectivity index (χ0v) is 12.1. The van der Waals surface area contributed by atoms with Gasteiger partial charge in [0.1, 0.15) is 5.60 Å². The van der Waals surface area contributed by atoms with E-state index in [1.807, 2.05) is 0 Å². The van der Waals surface area contributed by atoms with Crippen LogP contribution in [0.3, 0.4) is 0 Å². The van der Waals surface area contributed by atoms with Crippen LogP contribution in [0.15, 0.2) is 0 Å². The predicted molar refractivity (Wildman–Crippen MR) is 49.5 cm³/mol. The molecule has 0 amide bonds. The van der Waals surface area contributed by atoms with Gasteiger partial charge in [0.15, 0.2) is 5.97 Å². The second-order valence-electron chi connectivity index (χ2n) is 2.59. The van der Waals surface area contributed by atoms with Crippen LogP contribution in [0.1, 0.15) is 27.7 Å². The first kappa shape index (κ1) is 22.8. The molecule has 70 valence electrons. The maximum Gasteiger partial charge on any atom is 2.00 e. The summed E-state index contributed by atoms with van der Waals surface area (Å²) in [5.74, 6) is -0.475. The van der Waals surface area contributed by atoms with Gasteiger partial charge in [-0.3, -0.25) is 11.7 Å². The van der Waals surface area contributed by atoms with Crippen molar-refractivity contribution in [2.24, 2.45) is 0 Å². The second kappa shape index (κ2) is 11.3. The van der Waals surface area contributed by atoms with Crippen molar-refractivity contribution in [3.05, 3.63) is 13.8 Å². The van der Waals surface area contributed by atoms with Crippen LogP contribution in [0, 0.1) is 13.8 Å². The van der Waals surface area contributed by atoms with Crippen LogP contribution in [0.4, 0.5) is 0 Å². The Morgan fingerprint density at radius 1 is 1.25 bits per heavy atom. The quantitative estimate of drug-likeness (QED) is 0.372. The van der Waals surface area contributed by atoms with Gasteiger partial charge in [-0.15, -0.1) is 12.4 Å². The first-order valence-electron chi connectivity index (χ1n) is 3.17. The van der Waals surface area contributed by atoms with Gasteiger partial charge in [0.25, 0.3) is 0 Å². The summed E-state index contributed by atoms with van der Waals surface area (Å²) in [5, 5.41) is 0. The van der Waals surface area contributed by atoms with Gasteiger partial charge in [-0.25, -0.2) is 0 Å². The number of hydrogen-bond donors (Lipinski definition) is 0. The van der Waals surface area contributed by atoms with Crippen LogP contribution < -0.4 is 0 Å². The molecule has 0 aliphatic carbocycles. The molecule has 0 radical (unpaired) electrons. The molecule has 0 aromatic heterocycles.